The fourth-order valence-corrected chi connectivity index (χ4v) is 2.04. The van der Waals surface area contributed by atoms with Crippen molar-refractivity contribution >= 4 is 5.71 Å². The molecule has 0 N–H and O–H groups in total. The van der Waals surface area contributed by atoms with Crippen LogP contribution in [0.3, 0.4) is 0 Å². The first-order valence-corrected chi connectivity index (χ1v) is 5.68. The normalized spacial score (nSPS) is 16.9. The highest BCUT2D eigenvalue weighted by molar-refractivity contribution is 5.84. The van der Waals surface area contributed by atoms with E-state index in [0.29, 0.717) is 17.9 Å². The van der Waals surface area contributed by atoms with Crippen molar-refractivity contribution < 1.29 is 0 Å². The molecule has 82 valence electrons. The lowest BCUT2D eigenvalue weighted by molar-refractivity contribution is 0.444. The molecule has 0 rings (SSSR count). The molecule has 0 aliphatic carbocycles. The average Bonchev–Trinajstić information content (AvgIpc) is 2.04. The predicted molar refractivity (Wildman–Crippen MR) is 66.0 cm³/mol. The quantitative estimate of drug-likeness (QED) is 0.447. The van der Waals surface area contributed by atoms with Crippen LogP contribution >= 0.6 is 0 Å². The molecule has 0 heterocycles. The lowest BCUT2D eigenvalue weighted by Gasteiger charge is -2.22. The van der Waals surface area contributed by atoms with Crippen LogP contribution in [0, 0.1) is 11.8 Å². The first-order chi connectivity index (χ1) is 6.52. The fraction of sp³-hybridized carbons (Fsp3) is 0.769. The standard InChI is InChI=1S/C13H25N/c1-7-9-11(5)13(8-2)12(6)14-10(3)4/h7,10-11,13H,1,8-9H2,2-6H3. The summed E-state index contributed by atoms with van der Waals surface area (Å²) in [4.78, 5) is 4.63. The van der Waals surface area contributed by atoms with E-state index < -0.39 is 0 Å². The van der Waals surface area contributed by atoms with Gasteiger partial charge in [-0.3, -0.25) is 4.99 Å². The first-order valence-electron chi connectivity index (χ1n) is 5.68. The summed E-state index contributed by atoms with van der Waals surface area (Å²) in [6.07, 6.45) is 4.27. The van der Waals surface area contributed by atoms with Gasteiger partial charge >= 0.3 is 0 Å². The zero-order valence-corrected chi connectivity index (χ0v) is 10.4. The second kappa shape index (κ2) is 6.80. The van der Waals surface area contributed by atoms with Crippen molar-refractivity contribution in [1.82, 2.24) is 0 Å². The summed E-state index contributed by atoms with van der Waals surface area (Å²) in [5.74, 6) is 1.29. The summed E-state index contributed by atoms with van der Waals surface area (Å²) >= 11 is 0. The van der Waals surface area contributed by atoms with E-state index in [1.807, 2.05) is 6.08 Å². The molecule has 0 aliphatic heterocycles. The summed E-state index contributed by atoms with van der Waals surface area (Å²) in [5.41, 5.74) is 1.30. The molecule has 0 aliphatic rings. The molecule has 0 saturated carbocycles. The Balaban J connectivity index is 4.45. The Morgan fingerprint density at radius 1 is 1.36 bits per heavy atom. The molecular formula is C13H25N. The van der Waals surface area contributed by atoms with Gasteiger partial charge < -0.3 is 0 Å². The number of hydrogen-bond donors (Lipinski definition) is 0. The minimum atomic E-state index is 0.417. The van der Waals surface area contributed by atoms with Crippen LogP contribution in [0.2, 0.25) is 0 Å². The second-order valence-corrected chi connectivity index (χ2v) is 4.38. The Bertz CT molecular complexity index is 191. The highest BCUT2D eigenvalue weighted by Crippen LogP contribution is 2.21. The van der Waals surface area contributed by atoms with Gasteiger partial charge in [-0.1, -0.05) is 19.9 Å². The van der Waals surface area contributed by atoms with Crippen molar-refractivity contribution in [2.24, 2.45) is 16.8 Å². The molecule has 2 unspecified atom stereocenters. The van der Waals surface area contributed by atoms with Crippen molar-refractivity contribution in [3.8, 4) is 0 Å². The lowest BCUT2D eigenvalue weighted by Crippen LogP contribution is -2.20. The van der Waals surface area contributed by atoms with Gasteiger partial charge in [0.1, 0.15) is 0 Å². The van der Waals surface area contributed by atoms with Crippen molar-refractivity contribution in [1.29, 1.82) is 0 Å². The number of allylic oxidation sites excluding steroid dienone is 1. The van der Waals surface area contributed by atoms with Crippen LogP contribution in [0.5, 0.6) is 0 Å². The minimum absolute atomic E-state index is 0.417. The van der Waals surface area contributed by atoms with Gasteiger partial charge in [-0.05, 0) is 45.4 Å². The molecule has 0 saturated heterocycles. The summed E-state index contributed by atoms with van der Waals surface area (Å²) in [6.45, 7) is 14.8. The smallest absolute Gasteiger partial charge is 0.0442 e. The molecule has 0 aromatic carbocycles. The van der Waals surface area contributed by atoms with E-state index in [2.05, 4.69) is 46.2 Å². The molecule has 0 fully saturated rings. The summed E-state index contributed by atoms with van der Waals surface area (Å²) in [7, 11) is 0. The van der Waals surface area contributed by atoms with E-state index in [1.54, 1.807) is 0 Å². The van der Waals surface area contributed by atoms with Crippen molar-refractivity contribution in [2.75, 3.05) is 0 Å². The van der Waals surface area contributed by atoms with Crippen LogP contribution < -0.4 is 0 Å². The topological polar surface area (TPSA) is 12.4 Å². The Morgan fingerprint density at radius 3 is 2.29 bits per heavy atom. The van der Waals surface area contributed by atoms with E-state index in [9.17, 15) is 0 Å². The number of aliphatic imine (C=N–C) groups is 1. The molecule has 14 heavy (non-hydrogen) atoms. The molecule has 2 atom stereocenters. The Hall–Kier alpha value is -0.590. The Kier molecular flexibility index (Phi) is 6.52. The molecular weight excluding hydrogens is 170 g/mol. The van der Waals surface area contributed by atoms with Gasteiger partial charge in [0, 0.05) is 11.8 Å². The molecule has 0 radical (unpaired) electrons. The largest absolute Gasteiger partial charge is 0.291 e. The van der Waals surface area contributed by atoms with Gasteiger partial charge in [-0.25, -0.2) is 0 Å². The van der Waals surface area contributed by atoms with Gasteiger partial charge in [-0.2, -0.15) is 0 Å². The first kappa shape index (κ1) is 13.4. The highest BCUT2D eigenvalue weighted by Gasteiger charge is 2.17. The van der Waals surface area contributed by atoms with Gasteiger partial charge in [-0.15, -0.1) is 6.58 Å². The summed E-state index contributed by atoms with van der Waals surface area (Å²) in [5, 5.41) is 0. The maximum Gasteiger partial charge on any atom is 0.0442 e. The van der Waals surface area contributed by atoms with E-state index in [1.165, 1.54) is 12.1 Å². The SMILES string of the molecule is C=CCC(C)C(CC)C(C)=NC(C)C. The molecule has 0 spiro atoms. The van der Waals surface area contributed by atoms with Crippen LogP contribution in [0.4, 0.5) is 0 Å². The molecule has 1 nitrogen and oxygen atoms in total. The van der Waals surface area contributed by atoms with Gasteiger partial charge in [0.15, 0.2) is 0 Å². The number of hydrogen-bond acceptors (Lipinski definition) is 1. The fourth-order valence-electron chi connectivity index (χ4n) is 2.04. The van der Waals surface area contributed by atoms with E-state index >= 15 is 0 Å². The molecule has 1 heteroatoms. The third-order valence-corrected chi connectivity index (χ3v) is 2.66. The summed E-state index contributed by atoms with van der Waals surface area (Å²) in [6, 6.07) is 0.417. The lowest BCUT2D eigenvalue weighted by atomic mass is 9.85. The van der Waals surface area contributed by atoms with Gasteiger partial charge in [0.25, 0.3) is 0 Å². The number of nitrogens with zero attached hydrogens (tertiary/aromatic N) is 1. The van der Waals surface area contributed by atoms with E-state index in [0.717, 1.165) is 6.42 Å². The van der Waals surface area contributed by atoms with E-state index in [-0.39, 0.29) is 0 Å². The maximum atomic E-state index is 4.63. The van der Waals surface area contributed by atoms with Crippen LogP contribution in [0.1, 0.15) is 47.5 Å². The second-order valence-electron chi connectivity index (χ2n) is 4.38. The third-order valence-electron chi connectivity index (χ3n) is 2.66. The van der Waals surface area contributed by atoms with Crippen LogP contribution in [-0.2, 0) is 0 Å². The average molecular weight is 195 g/mol. The maximum absolute atomic E-state index is 4.63. The van der Waals surface area contributed by atoms with Gasteiger partial charge in [0.05, 0.1) is 0 Å². The molecule has 0 bridgehead atoms. The zero-order chi connectivity index (χ0) is 11.1. The summed E-state index contributed by atoms with van der Waals surface area (Å²) < 4.78 is 0. The third kappa shape index (κ3) is 4.59. The van der Waals surface area contributed by atoms with Gasteiger partial charge in [0.2, 0.25) is 0 Å². The molecule has 0 amide bonds. The number of rotatable bonds is 6. The van der Waals surface area contributed by atoms with Crippen molar-refractivity contribution in [3.63, 3.8) is 0 Å². The van der Waals surface area contributed by atoms with E-state index in [4.69, 9.17) is 0 Å². The predicted octanol–water partition coefficient (Wildman–Crippen LogP) is 4.09. The van der Waals surface area contributed by atoms with Crippen molar-refractivity contribution in [3.05, 3.63) is 12.7 Å². The zero-order valence-electron chi connectivity index (χ0n) is 10.4. The van der Waals surface area contributed by atoms with Crippen molar-refractivity contribution in [2.45, 2.75) is 53.5 Å². The Labute approximate surface area is 89.3 Å². The molecule has 0 aromatic rings. The monoisotopic (exact) mass is 195 g/mol. The highest BCUT2D eigenvalue weighted by atomic mass is 14.8. The molecule has 0 aromatic heterocycles. The van der Waals surface area contributed by atoms with Crippen LogP contribution in [0.15, 0.2) is 17.6 Å². The Morgan fingerprint density at radius 2 is 1.93 bits per heavy atom. The van der Waals surface area contributed by atoms with Crippen LogP contribution in [-0.4, -0.2) is 11.8 Å². The van der Waals surface area contributed by atoms with Crippen LogP contribution in [0.25, 0.3) is 0 Å². The minimum Gasteiger partial charge on any atom is -0.291 e.